The molecule has 1 atom stereocenters. The highest BCUT2D eigenvalue weighted by Gasteiger charge is 2.46. The van der Waals surface area contributed by atoms with Crippen molar-refractivity contribution in [1.29, 1.82) is 0 Å². The van der Waals surface area contributed by atoms with Crippen LogP contribution in [0.1, 0.15) is 34.1 Å². The SMILES string of the molecule is CCO[Si](CCC(OC)C1(C)COC1)(OCC)OCC. The predicted molar refractivity (Wildman–Crippen MR) is 79.8 cm³/mol. The van der Waals surface area contributed by atoms with Crippen molar-refractivity contribution in [3.8, 4) is 0 Å². The smallest absolute Gasteiger partial charge is 0.381 e. The van der Waals surface area contributed by atoms with Gasteiger partial charge in [0.1, 0.15) is 0 Å². The Morgan fingerprint density at radius 1 is 1.05 bits per heavy atom. The number of methoxy groups -OCH3 is 1. The Bertz CT molecular complexity index is 253. The molecule has 1 unspecified atom stereocenters. The zero-order chi connectivity index (χ0) is 15.1. The Morgan fingerprint density at radius 3 is 1.85 bits per heavy atom. The van der Waals surface area contributed by atoms with E-state index in [1.807, 2.05) is 20.8 Å². The summed E-state index contributed by atoms with van der Waals surface area (Å²) in [4.78, 5) is 0. The standard InChI is InChI=1S/C14H30O5Si/c1-6-17-20(18-7-2,19-8-3)10-9-13(15-5)14(4)11-16-12-14/h13H,6-12H2,1-5H3. The highest BCUT2D eigenvalue weighted by Crippen LogP contribution is 2.36. The molecule has 0 aromatic rings. The van der Waals surface area contributed by atoms with Crippen molar-refractivity contribution in [3.05, 3.63) is 0 Å². The highest BCUT2D eigenvalue weighted by atomic mass is 28.4. The summed E-state index contributed by atoms with van der Waals surface area (Å²) >= 11 is 0. The molecule has 0 radical (unpaired) electrons. The molecule has 0 aromatic carbocycles. The van der Waals surface area contributed by atoms with Crippen LogP contribution in [-0.2, 0) is 22.8 Å². The molecule has 1 fully saturated rings. The maximum absolute atomic E-state index is 5.88. The van der Waals surface area contributed by atoms with E-state index in [2.05, 4.69) is 6.92 Å². The van der Waals surface area contributed by atoms with Gasteiger partial charge in [-0.15, -0.1) is 0 Å². The van der Waals surface area contributed by atoms with E-state index in [0.29, 0.717) is 19.8 Å². The van der Waals surface area contributed by atoms with Gasteiger partial charge in [-0.2, -0.15) is 0 Å². The molecule has 5 nitrogen and oxygen atoms in total. The fraction of sp³-hybridized carbons (Fsp3) is 1.00. The molecule has 0 spiro atoms. The van der Waals surface area contributed by atoms with Crippen LogP contribution in [-0.4, -0.2) is 55.1 Å². The third kappa shape index (κ3) is 4.51. The van der Waals surface area contributed by atoms with Crippen LogP contribution in [0.3, 0.4) is 0 Å². The normalized spacial score (nSPS) is 19.6. The van der Waals surface area contributed by atoms with Gasteiger partial charge in [0.15, 0.2) is 0 Å². The predicted octanol–water partition coefficient (Wildman–Crippen LogP) is 2.48. The van der Waals surface area contributed by atoms with E-state index >= 15 is 0 Å². The van der Waals surface area contributed by atoms with Crippen LogP contribution in [0.5, 0.6) is 0 Å². The minimum absolute atomic E-state index is 0.111. The van der Waals surface area contributed by atoms with Crippen LogP contribution >= 0.6 is 0 Å². The van der Waals surface area contributed by atoms with Crippen molar-refractivity contribution in [2.75, 3.05) is 40.1 Å². The molecule has 0 saturated carbocycles. The molecule has 0 aliphatic carbocycles. The van der Waals surface area contributed by atoms with Crippen LogP contribution in [0.25, 0.3) is 0 Å². The average Bonchev–Trinajstić information content (AvgIpc) is 2.38. The van der Waals surface area contributed by atoms with Crippen molar-refractivity contribution in [3.63, 3.8) is 0 Å². The first kappa shape index (κ1) is 18.1. The van der Waals surface area contributed by atoms with Gasteiger partial charge < -0.3 is 22.8 Å². The maximum atomic E-state index is 5.88. The molecule has 120 valence electrons. The van der Waals surface area contributed by atoms with Crippen LogP contribution in [0.2, 0.25) is 6.04 Å². The summed E-state index contributed by atoms with van der Waals surface area (Å²) in [6.07, 6.45) is 1.03. The first-order chi connectivity index (χ1) is 9.55. The second kappa shape index (κ2) is 8.46. The van der Waals surface area contributed by atoms with Crippen LogP contribution in [0.15, 0.2) is 0 Å². The van der Waals surface area contributed by atoms with Gasteiger partial charge >= 0.3 is 8.80 Å². The molecule has 6 heteroatoms. The van der Waals surface area contributed by atoms with Gasteiger partial charge in [-0.3, -0.25) is 0 Å². The molecule has 1 rings (SSSR count). The van der Waals surface area contributed by atoms with Gasteiger partial charge in [0, 0.05) is 38.4 Å². The Kier molecular flexibility index (Phi) is 7.64. The number of hydrogen-bond acceptors (Lipinski definition) is 5. The highest BCUT2D eigenvalue weighted by molar-refractivity contribution is 6.60. The first-order valence-electron chi connectivity index (χ1n) is 7.58. The average molecular weight is 306 g/mol. The van der Waals surface area contributed by atoms with Gasteiger partial charge in [-0.25, -0.2) is 0 Å². The Balaban J connectivity index is 2.62. The molecule has 20 heavy (non-hydrogen) atoms. The summed E-state index contributed by atoms with van der Waals surface area (Å²) in [5.74, 6) is 0. The molecule has 1 heterocycles. The van der Waals surface area contributed by atoms with Crippen molar-refractivity contribution in [1.82, 2.24) is 0 Å². The summed E-state index contributed by atoms with van der Waals surface area (Å²) < 4.78 is 28.6. The lowest BCUT2D eigenvalue weighted by Gasteiger charge is -2.44. The minimum Gasteiger partial charge on any atom is -0.381 e. The van der Waals surface area contributed by atoms with Gasteiger partial charge in [0.2, 0.25) is 0 Å². The first-order valence-corrected chi connectivity index (χ1v) is 9.51. The fourth-order valence-electron chi connectivity index (χ4n) is 2.67. The van der Waals surface area contributed by atoms with E-state index in [1.54, 1.807) is 7.11 Å². The minimum atomic E-state index is -2.56. The molecule has 0 N–H and O–H groups in total. The Morgan fingerprint density at radius 2 is 1.55 bits per heavy atom. The number of hydrogen-bond donors (Lipinski definition) is 0. The maximum Gasteiger partial charge on any atom is 0.501 e. The Labute approximate surface area is 124 Å². The summed E-state index contributed by atoms with van der Waals surface area (Å²) in [5.41, 5.74) is 0.111. The van der Waals surface area contributed by atoms with Gasteiger partial charge in [0.05, 0.1) is 19.3 Å². The largest absolute Gasteiger partial charge is 0.501 e. The fourth-order valence-corrected chi connectivity index (χ4v) is 5.29. The van der Waals surface area contributed by atoms with Crippen LogP contribution in [0.4, 0.5) is 0 Å². The van der Waals surface area contributed by atoms with E-state index < -0.39 is 8.80 Å². The lowest BCUT2D eigenvalue weighted by Crippen LogP contribution is -2.52. The Hall–Kier alpha value is 0.0169. The van der Waals surface area contributed by atoms with Crippen molar-refractivity contribution in [2.24, 2.45) is 5.41 Å². The molecule has 0 bridgehead atoms. The van der Waals surface area contributed by atoms with E-state index in [9.17, 15) is 0 Å². The summed E-state index contributed by atoms with van der Waals surface area (Å²) in [6.45, 7) is 11.5. The van der Waals surface area contributed by atoms with Crippen molar-refractivity contribution < 1.29 is 22.8 Å². The zero-order valence-corrected chi connectivity index (χ0v) is 14.6. The van der Waals surface area contributed by atoms with Gasteiger partial charge in [-0.05, 0) is 27.2 Å². The second-order valence-electron chi connectivity index (χ2n) is 5.39. The van der Waals surface area contributed by atoms with Gasteiger partial charge in [0.25, 0.3) is 0 Å². The molecule has 0 amide bonds. The van der Waals surface area contributed by atoms with E-state index in [-0.39, 0.29) is 11.5 Å². The lowest BCUT2D eigenvalue weighted by molar-refractivity contribution is -0.171. The third-order valence-electron chi connectivity index (χ3n) is 3.73. The molecule has 1 aliphatic rings. The quantitative estimate of drug-likeness (QED) is 0.549. The summed E-state index contributed by atoms with van der Waals surface area (Å²) in [5, 5.41) is 0. The van der Waals surface area contributed by atoms with E-state index in [4.69, 9.17) is 22.8 Å². The van der Waals surface area contributed by atoms with E-state index in [0.717, 1.165) is 25.7 Å². The van der Waals surface area contributed by atoms with Crippen molar-refractivity contribution >= 4 is 8.80 Å². The van der Waals surface area contributed by atoms with Crippen LogP contribution in [0, 0.1) is 5.41 Å². The number of ether oxygens (including phenoxy) is 2. The van der Waals surface area contributed by atoms with E-state index in [1.165, 1.54) is 0 Å². The van der Waals surface area contributed by atoms with Crippen molar-refractivity contribution in [2.45, 2.75) is 46.3 Å². The van der Waals surface area contributed by atoms with Crippen LogP contribution < -0.4 is 0 Å². The van der Waals surface area contributed by atoms with Gasteiger partial charge in [-0.1, -0.05) is 6.92 Å². The summed E-state index contributed by atoms with van der Waals surface area (Å²) in [6, 6.07) is 0.788. The molecular weight excluding hydrogens is 276 g/mol. The molecule has 0 aromatic heterocycles. The topological polar surface area (TPSA) is 46.2 Å². The number of rotatable bonds is 11. The molecule has 1 saturated heterocycles. The zero-order valence-electron chi connectivity index (χ0n) is 13.6. The molecular formula is C14H30O5Si. The molecule has 1 aliphatic heterocycles. The monoisotopic (exact) mass is 306 g/mol. The summed E-state index contributed by atoms with van der Waals surface area (Å²) in [7, 11) is -0.799. The third-order valence-corrected chi connectivity index (χ3v) is 6.82. The lowest BCUT2D eigenvalue weighted by atomic mass is 9.81. The second-order valence-corrected chi connectivity index (χ2v) is 8.12.